The zero-order valence-electron chi connectivity index (χ0n) is 36.3. The number of benzene rings is 3. The molecule has 0 spiro atoms. The predicted octanol–water partition coefficient (Wildman–Crippen LogP) is 7.19. The third-order valence-electron chi connectivity index (χ3n) is 12.8. The Morgan fingerprint density at radius 2 is 1.29 bits per heavy atom. The van der Waals surface area contributed by atoms with Gasteiger partial charge in [0.15, 0.2) is 0 Å². The van der Waals surface area contributed by atoms with E-state index in [1.165, 1.54) is 7.11 Å². The molecule has 0 aliphatic carbocycles. The molecule has 65 heavy (non-hydrogen) atoms. The average molecular weight is 876 g/mol. The number of hydrogen-bond donors (Lipinski definition) is 4. The summed E-state index contributed by atoms with van der Waals surface area (Å²) >= 11 is 0. The van der Waals surface area contributed by atoms with Crippen molar-refractivity contribution in [1.82, 2.24) is 45.4 Å². The molecule has 16 heteroatoms. The molecule has 4 N–H and O–H groups in total. The zero-order valence-corrected chi connectivity index (χ0v) is 36.3. The molecule has 10 rings (SSSR count). The van der Waals surface area contributed by atoms with Gasteiger partial charge in [-0.1, -0.05) is 50.2 Å². The van der Waals surface area contributed by atoms with E-state index in [0.29, 0.717) is 43.5 Å². The number of carbonyl (C=O) groups excluding carboxylic acids is 4. The Bertz CT molecular complexity index is 2740. The van der Waals surface area contributed by atoms with E-state index >= 15 is 0 Å². The third kappa shape index (κ3) is 7.82. The molecular formula is C49H49N9O7. The van der Waals surface area contributed by atoms with E-state index in [2.05, 4.69) is 37.7 Å². The van der Waals surface area contributed by atoms with Crippen molar-refractivity contribution in [1.29, 1.82) is 0 Å². The summed E-state index contributed by atoms with van der Waals surface area (Å²) in [5.74, 6) is 1.93. The van der Waals surface area contributed by atoms with Crippen LogP contribution >= 0.6 is 0 Å². The van der Waals surface area contributed by atoms with Crippen LogP contribution in [0.15, 0.2) is 91.4 Å². The quantitative estimate of drug-likeness (QED) is 0.103. The molecule has 0 radical (unpaired) electrons. The van der Waals surface area contributed by atoms with Gasteiger partial charge in [-0.15, -0.1) is 0 Å². The SMILES string of the molecule is COC(=O)NC(C(=O)N1CCC[C@H]1c1ncc(-c2cc3c4c(c2)OCc2cc(-c5cnc([C@@H]6CCCN6C(=O)[C@H](NC(=O)c6ccccn6)c6ccccc6)[nH]5)cc(c2-4)OC3)[nH]1)C(C)C. The number of H-pyrrole nitrogens is 2. The van der Waals surface area contributed by atoms with Gasteiger partial charge in [0.25, 0.3) is 5.91 Å². The molecule has 0 bridgehead atoms. The number of aromatic nitrogens is 5. The number of rotatable bonds is 11. The summed E-state index contributed by atoms with van der Waals surface area (Å²) in [6.07, 6.45) is 7.57. The van der Waals surface area contributed by atoms with Gasteiger partial charge in [0.1, 0.15) is 54.1 Å². The second-order valence-corrected chi connectivity index (χ2v) is 17.2. The van der Waals surface area contributed by atoms with Gasteiger partial charge in [0.2, 0.25) is 11.8 Å². The number of ether oxygens (including phenoxy) is 3. The van der Waals surface area contributed by atoms with Gasteiger partial charge in [-0.05, 0) is 73.6 Å². The second kappa shape index (κ2) is 17.2. The highest BCUT2D eigenvalue weighted by Crippen LogP contribution is 2.51. The van der Waals surface area contributed by atoms with E-state index in [9.17, 15) is 19.2 Å². The Labute approximate surface area is 375 Å². The number of pyridine rings is 1. The lowest BCUT2D eigenvalue weighted by molar-refractivity contribution is -0.135. The van der Waals surface area contributed by atoms with Gasteiger partial charge in [-0.3, -0.25) is 19.4 Å². The summed E-state index contributed by atoms with van der Waals surface area (Å²) in [7, 11) is 1.29. The number of likely N-dealkylation sites (tertiary alicyclic amines) is 2. The summed E-state index contributed by atoms with van der Waals surface area (Å²) in [4.78, 5) is 77.8. The second-order valence-electron chi connectivity index (χ2n) is 17.2. The van der Waals surface area contributed by atoms with Gasteiger partial charge in [-0.2, -0.15) is 0 Å². The topological polar surface area (TPSA) is 197 Å². The van der Waals surface area contributed by atoms with E-state index in [4.69, 9.17) is 24.2 Å². The van der Waals surface area contributed by atoms with Gasteiger partial charge in [-0.25, -0.2) is 14.8 Å². The van der Waals surface area contributed by atoms with Crippen LogP contribution in [0.5, 0.6) is 11.5 Å². The molecule has 2 saturated heterocycles. The molecule has 0 saturated carbocycles. The van der Waals surface area contributed by atoms with Crippen molar-refractivity contribution in [2.45, 2.75) is 76.9 Å². The maximum absolute atomic E-state index is 14.4. The predicted molar refractivity (Wildman–Crippen MR) is 238 cm³/mol. The highest BCUT2D eigenvalue weighted by Gasteiger charge is 2.39. The number of nitrogens with one attached hydrogen (secondary N) is 4. The van der Waals surface area contributed by atoms with Crippen molar-refractivity contribution in [3.8, 4) is 45.1 Å². The summed E-state index contributed by atoms with van der Waals surface area (Å²) < 4.78 is 17.7. The maximum Gasteiger partial charge on any atom is 0.407 e. The van der Waals surface area contributed by atoms with Crippen LogP contribution in [0.4, 0.5) is 4.79 Å². The Morgan fingerprint density at radius 1 is 0.723 bits per heavy atom. The molecular weight excluding hydrogens is 827 g/mol. The lowest BCUT2D eigenvalue weighted by Gasteiger charge is -2.30. The molecule has 16 nitrogen and oxygen atoms in total. The van der Waals surface area contributed by atoms with Crippen LogP contribution < -0.4 is 20.1 Å². The number of alkyl carbamates (subject to hydrolysis) is 1. The first kappa shape index (κ1) is 41.5. The normalized spacial score (nSPS) is 18.0. The molecule has 4 aliphatic rings. The number of amides is 4. The largest absolute Gasteiger partial charge is 0.488 e. The summed E-state index contributed by atoms with van der Waals surface area (Å²) in [5.41, 5.74) is 8.25. The Balaban J connectivity index is 0.874. The smallest absolute Gasteiger partial charge is 0.407 e. The molecule has 7 heterocycles. The third-order valence-corrected chi connectivity index (χ3v) is 12.8. The highest BCUT2D eigenvalue weighted by molar-refractivity contribution is 5.96. The average Bonchev–Trinajstić information content (AvgIpc) is 4.19. The lowest BCUT2D eigenvalue weighted by Crippen LogP contribution is -2.51. The first-order valence-corrected chi connectivity index (χ1v) is 22.1. The fourth-order valence-electron chi connectivity index (χ4n) is 9.61. The van der Waals surface area contributed by atoms with E-state index in [1.54, 1.807) is 41.7 Å². The summed E-state index contributed by atoms with van der Waals surface area (Å²) in [5, 5.41) is 5.65. The van der Waals surface area contributed by atoms with E-state index in [0.717, 1.165) is 82.0 Å². The van der Waals surface area contributed by atoms with Crippen molar-refractivity contribution in [2.75, 3.05) is 20.2 Å². The number of carbonyl (C=O) groups is 4. The molecule has 2 fully saturated rings. The van der Waals surface area contributed by atoms with Gasteiger partial charge in [0, 0.05) is 52.7 Å². The Kier molecular flexibility index (Phi) is 11.0. The monoisotopic (exact) mass is 875 g/mol. The molecule has 4 atom stereocenters. The fraction of sp³-hybridized carbons (Fsp3) is 0.327. The van der Waals surface area contributed by atoms with E-state index in [1.807, 2.05) is 61.2 Å². The van der Waals surface area contributed by atoms with Crippen molar-refractivity contribution in [3.63, 3.8) is 0 Å². The van der Waals surface area contributed by atoms with E-state index in [-0.39, 0.29) is 35.5 Å². The minimum atomic E-state index is -0.908. The number of aromatic amines is 2. The standard InChI is InChI=1S/C49H49N9O7/c1-27(2)42(56-49(62)63-3)47(60)57-17-9-14-36(57)44-51-23-34(53-44)29-19-31-25-65-39-22-30(20-32-26-64-38(21-29)40(31)41(32)39)35-24-52-45(54-35)37-15-10-18-58(37)48(61)43(28-11-5-4-6-12-28)55-46(59)33-13-7-8-16-50-33/h4-8,11-13,16,19-24,27,36-37,42-43H,9-10,14-15,17-18,25-26H2,1-3H3,(H,51,53)(H,52,54)(H,55,59)(H,56,62)/t36-,37-,42?,43+/m0/s1. The number of nitrogens with zero attached hydrogens (tertiary/aromatic N) is 5. The Morgan fingerprint density at radius 3 is 1.83 bits per heavy atom. The Hall–Kier alpha value is -7.49. The molecule has 4 amide bonds. The number of methoxy groups -OCH3 is 1. The number of imidazole rings is 2. The molecule has 3 aromatic heterocycles. The first-order chi connectivity index (χ1) is 31.6. The van der Waals surface area contributed by atoms with Crippen LogP contribution in [-0.4, -0.2) is 84.8 Å². The lowest BCUT2D eigenvalue weighted by atomic mass is 9.87. The summed E-state index contributed by atoms with van der Waals surface area (Å²) in [6, 6.07) is 20.4. The molecule has 1 unspecified atom stereocenters. The van der Waals surface area contributed by atoms with Crippen molar-refractivity contribution in [3.05, 3.63) is 125 Å². The van der Waals surface area contributed by atoms with Crippen molar-refractivity contribution >= 4 is 23.8 Å². The van der Waals surface area contributed by atoms with E-state index < -0.39 is 24.1 Å². The minimum Gasteiger partial charge on any atom is -0.488 e. The zero-order chi connectivity index (χ0) is 44.8. The van der Waals surface area contributed by atoms with Crippen LogP contribution in [0.2, 0.25) is 0 Å². The molecule has 4 aliphatic heterocycles. The summed E-state index contributed by atoms with van der Waals surface area (Å²) in [6.45, 7) is 5.55. The number of hydrogen-bond acceptors (Lipinski definition) is 10. The van der Waals surface area contributed by atoms with Crippen LogP contribution in [0.25, 0.3) is 33.6 Å². The van der Waals surface area contributed by atoms with Crippen LogP contribution in [0.3, 0.4) is 0 Å². The molecule has 3 aromatic carbocycles. The molecule has 6 aromatic rings. The van der Waals surface area contributed by atoms with Crippen molar-refractivity contribution < 1.29 is 33.4 Å². The highest BCUT2D eigenvalue weighted by atomic mass is 16.5. The maximum atomic E-state index is 14.4. The van der Waals surface area contributed by atoms with Crippen molar-refractivity contribution in [2.24, 2.45) is 5.92 Å². The van der Waals surface area contributed by atoms with Gasteiger partial charge >= 0.3 is 6.09 Å². The fourth-order valence-corrected chi connectivity index (χ4v) is 9.61. The van der Waals surface area contributed by atoms with Gasteiger partial charge < -0.3 is 44.6 Å². The van der Waals surface area contributed by atoms with Crippen LogP contribution in [0.1, 0.15) is 96.5 Å². The minimum absolute atomic E-state index is 0.131. The van der Waals surface area contributed by atoms with Crippen LogP contribution in [-0.2, 0) is 27.5 Å². The van der Waals surface area contributed by atoms with Gasteiger partial charge in [0.05, 0.1) is 43.0 Å². The van der Waals surface area contributed by atoms with Crippen LogP contribution in [0, 0.1) is 5.92 Å². The molecule has 332 valence electrons. The first-order valence-electron chi connectivity index (χ1n) is 22.1.